The molecule has 0 saturated carbocycles. The van der Waals surface area contributed by atoms with E-state index in [-0.39, 0.29) is 16.9 Å². The molecule has 0 aromatic heterocycles. The van der Waals surface area contributed by atoms with Crippen LogP contribution in [0.25, 0.3) is 27.8 Å². The van der Waals surface area contributed by atoms with Crippen LogP contribution >= 0.6 is 0 Å². The van der Waals surface area contributed by atoms with E-state index in [1.54, 1.807) is 25.1 Å². The Morgan fingerprint density at radius 1 is 0.917 bits per heavy atom. The van der Waals surface area contributed by atoms with E-state index in [4.69, 9.17) is 4.74 Å². The second kappa shape index (κ2) is 5.69. The van der Waals surface area contributed by atoms with Crippen molar-refractivity contribution in [1.29, 1.82) is 0 Å². The minimum Gasteiger partial charge on any atom is -0.491 e. The van der Waals surface area contributed by atoms with Gasteiger partial charge in [0.1, 0.15) is 0 Å². The Balaban J connectivity index is 1.86. The Morgan fingerprint density at radius 2 is 1.71 bits per heavy atom. The van der Waals surface area contributed by atoms with Gasteiger partial charge in [-0.2, -0.15) is 0 Å². The number of halogens is 3. The molecule has 1 nitrogen and oxygen atoms in total. The van der Waals surface area contributed by atoms with Crippen LogP contribution in [-0.2, 0) is 0 Å². The Kier molecular flexibility index (Phi) is 3.63. The lowest BCUT2D eigenvalue weighted by Gasteiger charge is -2.28. The summed E-state index contributed by atoms with van der Waals surface area (Å²) in [4.78, 5) is 0. The zero-order chi connectivity index (χ0) is 16.8. The number of benzene rings is 2. The van der Waals surface area contributed by atoms with Crippen molar-refractivity contribution in [1.82, 2.24) is 0 Å². The van der Waals surface area contributed by atoms with E-state index in [2.05, 4.69) is 0 Å². The molecule has 124 valence electrons. The number of rotatable bonds is 3. The van der Waals surface area contributed by atoms with Gasteiger partial charge in [-0.25, -0.2) is 13.2 Å². The van der Waals surface area contributed by atoms with Crippen LogP contribution in [0.1, 0.15) is 38.2 Å². The van der Waals surface area contributed by atoms with Crippen molar-refractivity contribution >= 4 is 5.57 Å². The van der Waals surface area contributed by atoms with Gasteiger partial charge in [0.2, 0.25) is 0 Å². The lowest BCUT2D eigenvalue weighted by Crippen LogP contribution is -2.10. The molecule has 0 saturated heterocycles. The summed E-state index contributed by atoms with van der Waals surface area (Å²) in [5.74, 6) is -2.40. The second-order valence-electron chi connectivity index (χ2n) is 6.18. The number of hydrogen-bond donors (Lipinski definition) is 0. The molecule has 4 rings (SSSR count). The van der Waals surface area contributed by atoms with Gasteiger partial charge in [0.05, 0.1) is 6.61 Å². The average Bonchev–Trinajstić information content (AvgIpc) is 2.58. The first-order chi connectivity index (χ1) is 11.6. The number of allylic oxidation sites excluding steroid dienone is 2. The fourth-order valence-electron chi connectivity index (χ4n) is 3.63. The van der Waals surface area contributed by atoms with E-state index >= 15 is 0 Å². The largest absolute Gasteiger partial charge is 0.491 e. The standard InChI is InChI=1S/C20H17F3O/c1-2-24-15-9-8-12-14-10-13(11-6-4-3-5-7-11)18(21)20(23)17(14)16(12)19(15)22/h6,8-10H,2-5,7H2,1H3. The summed E-state index contributed by atoms with van der Waals surface area (Å²) >= 11 is 0. The minimum absolute atomic E-state index is 0.0294. The summed E-state index contributed by atoms with van der Waals surface area (Å²) in [6.45, 7) is 2.06. The number of hydrogen-bond acceptors (Lipinski definition) is 1. The van der Waals surface area contributed by atoms with E-state index in [1.807, 2.05) is 6.08 Å². The summed E-state index contributed by atoms with van der Waals surface area (Å²) in [6.07, 6.45) is 5.67. The molecule has 0 heterocycles. The van der Waals surface area contributed by atoms with Crippen molar-refractivity contribution < 1.29 is 17.9 Å². The second-order valence-corrected chi connectivity index (χ2v) is 6.18. The molecule has 0 fully saturated rings. The third-order valence-electron chi connectivity index (χ3n) is 4.79. The molecule has 4 heteroatoms. The summed E-state index contributed by atoms with van der Waals surface area (Å²) in [6, 6.07) is 4.91. The molecule has 24 heavy (non-hydrogen) atoms. The third kappa shape index (κ3) is 2.09. The van der Waals surface area contributed by atoms with Crippen LogP contribution in [0.4, 0.5) is 13.2 Å². The first-order valence-electron chi connectivity index (χ1n) is 8.31. The first kappa shape index (κ1) is 15.3. The predicted octanol–water partition coefficient (Wildman–Crippen LogP) is 6.11. The van der Waals surface area contributed by atoms with Crippen LogP contribution in [0.3, 0.4) is 0 Å². The van der Waals surface area contributed by atoms with Crippen molar-refractivity contribution in [2.45, 2.75) is 32.6 Å². The molecule has 0 atom stereocenters. The highest BCUT2D eigenvalue weighted by Crippen LogP contribution is 2.53. The number of fused-ring (bicyclic) bond motifs is 4. The fourth-order valence-corrected chi connectivity index (χ4v) is 3.63. The quantitative estimate of drug-likeness (QED) is 0.563. The average molecular weight is 330 g/mol. The summed E-state index contributed by atoms with van der Waals surface area (Å²) in [7, 11) is 0. The maximum Gasteiger partial charge on any atom is 0.173 e. The van der Waals surface area contributed by atoms with Gasteiger partial charge in [0.15, 0.2) is 23.2 Å². The molecular weight excluding hydrogens is 313 g/mol. The Hall–Kier alpha value is -2.23. The molecule has 0 amide bonds. The highest BCUT2D eigenvalue weighted by molar-refractivity contribution is 6.04. The molecule has 2 aromatic carbocycles. The maximum absolute atomic E-state index is 14.6. The Labute approximate surface area is 138 Å². The molecule has 2 aliphatic carbocycles. The summed E-state index contributed by atoms with van der Waals surface area (Å²) in [5.41, 5.74) is 2.50. The zero-order valence-electron chi connectivity index (χ0n) is 13.4. The molecule has 0 bridgehead atoms. The molecule has 0 spiro atoms. The van der Waals surface area contributed by atoms with Gasteiger partial charge in [-0.15, -0.1) is 0 Å². The van der Waals surface area contributed by atoms with Crippen molar-refractivity contribution in [3.05, 3.63) is 47.3 Å². The van der Waals surface area contributed by atoms with Crippen LogP contribution < -0.4 is 4.74 Å². The molecule has 0 unspecified atom stereocenters. The summed E-state index contributed by atoms with van der Waals surface area (Å²) < 4.78 is 48.9. The normalized spacial score (nSPS) is 15.2. The maximum atomic E-state index is 14.6. The van der Waals surface area contributed by atoms with Crippen LogP contribution in [0.2, 0.25) is 0 Å². The van der Waals surface area contributed by atoms with Gasteiger partial charge in [0.25, 0.3) is 0 Å². The molecule has 2 aliphatic rings. The molecule has 0 aliphatic heterocycles. The molecule has 0 N–H and O–H groups in total. The van der Waals surface area contributed by atoms with Crippen LogP contribution in [-0.4, -0.2) is 6.61 Å². The van der Waals surface area contributed by atoms with Crippen molar-refractivity contribution in [3.63, 3.8) is 0 Å². The topological polar surface area (TPSA) is 9.23 Å². The Morgan fingerprint density at radius 3 is 2.42 bits per heavy atom. The van der Waals surface area contributed by atoms with E-state index in [9.17, 15) is 13.2 Å². The lowest BCUT2D eigenvalue weighted by atomic mass is 9.77. The third-order valence-corrected chi connectivity index (χ3v) is 4.79. The van der Waals surface area contributed by atoms with E-state index in [0.717, 1.165) is 31.3 Å². The predicted molar refractivity (Wildman–Crippen MR) is 88.4 cm³/mol. The summed E-state index contributed by atoms with van der Waals surface area (Å²) in [5, 5.41) is 0. The van der Waals surface area contributed by atoms with Gasteiger partial charge < -0.3 is 4.74 Å². The highest BCUT2D eigenvalue weighted by Gasteiger charge is 2.34. The lowest BCUT2D eigenvalue weighted by molar-refractivity contribution is 0.322. The minimum atomic E-state index is -0.964. The van der Waals surface area contributed by atoms with Gasteiger partial charge >= 0.3 is 0 Å². The highest BCUT2D eigenvalue weighted by atomic mass is 19.2. The SMILES string of the molecule is CCOc1ccc2c(c1F)-c1c-2cc(C2=CCCCC2)c(F)c1F. The van der Waals surface area contributed by atoms with Crippen LogP contribution in [0.5, 0.6) is 5.75 Å². The van der Waals surface area contributed by atoms with E-state index in [0.29, 0.717) is 23.3 Å². The smallest absolute Gasteiger partial charge is 0.173 e. The van der Waals surface area contributed by atoms with Crippen molar-refractivity contribution in [3.8, 4) is 28.0 Å². The van der Waals surface area contributed by atoms with E-state index in [1.165, 1.54) is 0 Å². The monoisotopic (exact) mass is 330 g/mol. The Bertz CT molecular complexity index is 868. The van der Waals surface area contributed by atoms with Gasteiger partial charge in [-0.05, 0) is 67.5 Å². The van der Waals surface area contributed by atoms with Crippen LogP contribution in [0, 0.1) is 17.5 Å². The van der Waals surface area contributed by atoms with Crippen LogP contribution in [0.15, 0.2) is 24.3 Å². The first-order valence-corrected chi connectivity index (χ1v) is 8.31. The van der Waals surface area contributed by atoms with E-state index < -0.39 is 17.5 Å². The number of ether oxygens (including phenoxy) is 1. The van der Waals surface area contributed by atoms with Gasteiger partial charge in [0, 0.05) is 16.7 Å². The van der Waals surface area contributed by atoms with Crippen molar-refractivity contribution in [2.24, 2.45) is 0 Å². The van der Waals surface area contributed by atoms with Gasteiger partial charge in [-0.3, -0.25) is 0 Å². The fraction of sp³-hybridized carbons (Fsp3) is 0.300. The molecule has 0 radical (unpaired) electrons. The molecule has 2 aromatic rings. The van der Waals surface area contributed by atoms with Gasteiger partial charge in [-0.1, -0.05) is 6.08 Å². The van der Waals surface area contributed by atoms with Crippen molar-refractivity contribution in [2.75, 3.05) is 6.61 Å². The zero-order valence-corrected chi connectivity index (χ0v) is 13.4. The molecular formula is C20H17F3O.